The Hall–Kier alpha value is -2.34. The minimum Gasteiger partial charge on any atom is -0.508 e. The van der Waals surface area contributed by atoms with Crippen LogP contribution in [0.25, 0.3) is 11.3 Å². The van der Waals surface area contributed by atoms with E-state index in [2.05, 4.69) is 4.98 Å². The highest BCUT2D eigenvalue weighted by atomic mass is 16.5. The van der Waals surface area contributed by atoms with E-state index in [1.807, 2.05) is 6.07 Å². The highest BCUT2D eigenvalue weighted by molar-refractivity contribution is 5.67. The highest BCUT2D eigenvalue weighted by Gasteiger charge is 2.21. The van der Waals surface area contributed by atoms with Gasteiger partial charge in [-0.3, -0.25) is 4.57 Å². The number of nitrogens with zero attached hydrogens (tertiary/aromatic N) is 2. The van der Waals surface area contributed by atoms with Gasteiger partial charge in [0.2, 0.25) is 5.88 Å². The van der Waals surface area contributed by atoms with Crippen LogP contribution in [0.4, 0.5) is 0 Å². The molecule has 1 N–H and O–H groups in total. The maximum absolute atomic E-state index is 12.2. The molecule has 6 nitrogen and oxygen atoms in total. The number of phenolic OH excluding ortho intramolecular Hbond substituents is 1. The molecule has 1 aromatic carbocycles. The molecule has 120 valence electrons. The molecule has 2 aromatic rings. The fourth-order valence-corrected chi connectivity index (χ4v) is 3.22. The molecule has 1 atom stereocenters. The Morgan fingerprint density at radius 1 is 1.39 bits per heavy atom. The van der Waals surface area contributed by atoms with Crippen LogP contribution in [-0.2, 0) is 17.7 Å². The molecule has 1 unspecified atom stereocenters. The molecule has 23 heavy (non-hydrogen) atoms. The quantitative estimate of drug-likeness (QED) is 0.934. The predicted molar refractivity (Wildman–Crippen MR) is 83.8 cm³/mol. The second-order valence-electron chi connectivity index (χ2n) is 5.95. The van der Waals surface area contributed by atoms with E-state index >= 15 is 0 Å². The van der Waals surface area contributed by atoms with Crippen molar-refractivity contribution < 1.29 is 14.6 Å². The molecule has 0 amide bonds. The van der Waals surface area contributed by atoms with Crippen LogP contribution < -0.4 is 10.4 Å². The summed E-state index contributed by atoms with van der Waals surface area (Å²) in [7, 11) is 0. The zero-order valence-corrected chi connectivity index (χ0v) is 12.7. The second-order valence-corrected chi connectivity index (χ2v) is 5.95. The molecule has 0 bridgehead atoms. The van der Waals surface area contributed by atoms with Gasteiger partial charge in [-0.1, -0.05) is 0 Å². The Morgan fingerprint density at radius 3 is 3.13 bits per heavy atom. The third kappa shape index (κ3) is 2.70. The molecule has 2 aliphatic heterocycles. The number of aromatic hydroxyl groups is 1. The van der Waals surface area contributed by atoms with Gasteiger partial charge in [0, 0.05) is 24.8 Å². The summed E-state index contributed by atoms with van der Waals surface area (Å²) in [4.78, 5) is 16.3. The lowest BCUT2D eigenvalue weighted by molar-refractivity contribution is 0.0661. The van der Waals surface area contributed by atoms with Crippen molar-refractivity contribution in [3.8, 4) is 22.9 Å². The highest BCUT2D eigenvalue weighted by Crippen LogP contribution is 2.31. The molecule has 3 heterocycles. The average molecular weight is 314 g/mol. The van der Waals surface area contributed by atoms with Crippen molar-refractivity contribution in [2.75, 3.05) is 13.2 Å². The standard InChI is InChI=1S/C17H18N2O4/c20-12-3-4-14-11(8-12)5-6-19-15(14)9-16(18-17(19)21)23-10-13-2-1-7-22-13/h3-4,8-9,13,20H,1-2,5-7,10H2. The molecule has 0 radical (unpaired) electrons. The van der Waals surface area contributed by atoms with E-state index in [-0.39, 0.29) is 17.5 Å². The summed E-state index contributed by atoms with van der Waals surface area (Å²) in [6.07, 6.45) is 2.81. The Labute approximate surface area is 133 Å². The van der Waals surface area contributed by atoms with Gasteiger partial charge in [-0.05, 0) is 43.0 Å². The molecule has 0 aliphatic carbocycles. The Balaban J connectivity index is 1.67. The van der Waals surface area contributed by atoms with Crippen LogP contribution in [-0.4, -0.2) is 34.0 Å². The first-order valence-electron chi connectivity index (χ1n) is 7.89. The van der Waals surface area contributed by atoms with E-state index in [4.69, 9.17) is 9.47 Å². The van der Waals surface area contributed by atoms with Gasteiger partial charge in [-0.25, -0.2) is 4.79 Å². The fourth-order valence-electron chi connectivity index (χ4n) is 3.22. The van der Waals surface area contributed by atoms with Gasteiger partial charge in [0.1, 0.15) is 12.4 Å². The maximum Gasteiger partial charge on any atom is 0.351 e. The van der Waals surface area contributed by atoms with Crippen molar-refractivity contribution in [1.82, 2.24) is 9.55 Å². The van der Waals surface area contributed by atoms with Gasteiger partial charge in [-0.2, -0.15) is 4.98 Å². The lowest BCUT2D eigenvalue weighted by Crippen LogP contribution is -2.29. The van der Waals surface area contributed by atoms with Crippen molar-refractivity contribution in [1.29, 1.82) is 0 Å². The molecule has 4 rings (SSSR count). The van der Waals surface area contributed by atoms with E-state index in [1.165, 1.54) is 0 Å². The summed E-state index contributed by atoms with van der Waals surface area (Å²) < 4.78 is 12.9. The lowest BCUT2D eigenvalue weighted by Gasteiger charge is -2.22. The number of ether oxygens (including phenoxy) is 2. The number of benzene rings is 1. The van der Waals surface area contributed by atoms with Gasteiger partial charge in [0.25, 0.3) is 0 Å². The van der Waals surface area contributed by atoms with Gasteiger partial charge >= 0.3 is 5.69 Å². The largest absolute Gasteiger partial charge is 0.508 e. The summed E-state index contributed by atoms with van der Waals surface area (Å²) in [5, 5.41) is 9.63. The van der Waals surface area contributed by atoms with Crippen LogP contribution in [0, 0.1) is 0 Å². The monoisotopic (exact) mass is 314 g/mol. The lowest BCUT2D eigenvalue weighted by atomic mass is 9.97. The minimum atomic E-state index is -0.302. The second kappa shape index (κ2) is 5.70. The van der Waals surface area contributed by atoms with Gasteiger partial charge in [0.05, 0.1) is 11.8 Å². The van der Waals surface area contributed by atoms with Crippen molar-refractivity contribution in [2.24, 2.45) is 0 Å². The number of hydrogen-bond donors (Lipinski definition) is 1. The van der Waals surface area contributed by atoms with E-state index in [0.717, 1.165) is 36.3 Å². The summed E-state index contributed by atoms with van der Waals surface area (Å²) in [6, 6.07) is 7.01. The van der Waals surface area contributed by atoms with E-state index < -0.39 is 0 Å². The molecule has 1 aromatic heterocycles. The molecule has 1 fully saturated rings. The van der Waals surface area contributed by atoms with Gasteiger partial charge in [0.15, 0.2) is 0 Å². The fraction of sp³-hybridized carbons (Fsp3) is 0.412. The summed E-state index contributed by atoms with van der Waals surface area (Å²) >= 11 is 0. The third-order valence-electron chi connectivity index (χ3n) is 4.40. The van der Waals surface area contributed by atoms with E-state index in [1.54, 1.807) is 22.8 Å². The Kier molecular flexibility index (Phi) is 3.53. The van der Waals surface area contributed by atoms with E-state index in [0.29, 0.717) is 25.5 Å². The molecule has 6 heteroatoms. The van der Waals surface area contributed by atoms with Crippen molar-refractivity contribution in [3.63, 3.8) is 0 Å². The van der Waals surface area contributed by atoms with Crippen LogP contribution >= 0.6 is 0 Å². The SMILES string of the molecule is O=c1nc(OCC2CCCO2)cc2n1CCc1cc(O)ccc1-2. The Morgan fingerprint density at radius 2 is 2.30 bits per heavy atom. The zero-order valence-electron chi connectivity index (χ0n) is 12.7. The van der Waals surface area contributed by atoms with E-state index in [9.17, 15) is 9.90 Å². The first-order chi connectivity index (χ1) is 11.2. The van der Waals surface area contributed by atoms with Crippen LogP contribution in [0.1, 0.15) is 18.4 Å². The molecule has 1 saturated heterocycles. The molecule has 2 aliphatic rings. The number of phenols is 1. The van der Waals surface area contributed by atoms with Crippen molar-refractivity contribution >= 4 is 0 Å². The topological polar surface area (TPSA) is 73.6 Å². The molecule has 0 spiro atoms. The number of fused-ring (bicyclic) bond motifs is 3. The minimum absolute atomic E-state index is 0.0832. The average Bonchev–Trinajstić information content (AvgIpc) is 3.06. The Bertz CT molecular complexity index is 794. The van der Waals surface area contributed by atoms with Gasteiger partial charge < -0.3 is 14.6 Å². The number of aromatic nitrogens is 2. The summed E-state index contributed by atoms with van der Waals surface area (Å²) in [6.45, 7) is 1.74. The maximum atomic E-state index is 12.2. The smallest absolute Gasteiger partial charge is 0.351 e. The van der Waals surface area contributed by atoms with Crippen LogP contribution in [0.15, 0.2) is 29.1 Å². The first kappa shape index (κ1) is 14.3. The normalized spacial score (nSPS) is 19.2. The number of hydrogen-bond acceptors (Lipinski definition) is 5. The molecular formula is C17H18N2O4. The summed E-state index contributed by atoms with van der Waals surface area (Å²) in [5.74, 6) is 0.570. The van der Waals surface area contributed by atoms with Gasteiger partial charge in [-0.15, -0.1) is 0 Å². The number of aryl methyl sites for hydroxylation is 1. The first-order valence-corrected chi connectivity index (χ1v) is 7.89. The predicted octanol–water partition coefficient (Wildman–Crippen LogP) is 1.73. The number of rotatable bonds is 3. The third-order valence-corrected chi connectivity index (χ3v) is 4.40. The molecule has 0 saturated carbocycles. The summed E-state index contributed by atoms with van der Waals surface area (Å²) in [5.41, 5.74) is 2.45. The van der Waals surface area contributed by atoms with Crippen molar-refractivity contribution in [3.05, 3.63) is 40.3 Å². The van der Waals surface area contributed by atoms with Crippen LogP contribution in [0.2, 0.25) is 0 Å². The van der Waals surface area contributed by atoms with Crippen LogP contribution in [0.3, 0.4) is 0 Å². The zero-order chi connectivity index (χ0) is 15.8. The van der Waals surface area contributed by atoms with Crippen LogP contribution in [0.5, 0.6) is 11.6 Å². The van der Waals surface area contributed by atoms with Crippen molar-refractivity contribution in [2.45, 2.75) is 31.9 Å². The molecular weight excluding hydrogens is 296 g/mol.